The Kier molecular flexibility index (Phi) is 19.4. The van der Waals surface area contributed by atoms with Gasteiger partial charge in [-0.2, -0.15) is 22.3 Å². The summed E-state index contributed by atoms with van der Waals surface area (Å²) in [4.78, 5) is 0. The van der Waals surface area contributed by atoms with Gasteiger partial charge in [0.15, 0.2) is 0 Å². The molecule has 0 heterocycles. The minimum atomic E-state index is -6.00. The predicted octanol–water partition coefficient (Wildman–Crippen LogP) is 9.34. The molecule has 0 N–H and O–H groups in total. The van der Waals surface area contributed by atoms with Gasteiger partial charge < -0.3 is 51.8 Å². The van der Waals surface area contributed by atoms with Crippen molar-refractivity contribution >= 4 is 21.8 Å². The zero-order chi connectivity index (χ0) is 27.5. The van der Waals surface area contributed by atoms with Crippen LogP contribution < -0.4 is 0 Å². The Labute approximate surface area is 204 Å². The monoisotopic (exact) mass is 555 g/mol. The van der Waals surface area contributed by atoms with Crippen molar-refractivity contribution in [2.45, 2.75) is 55.4 Å². The molecular weight excluding hydrogens is 529 g/mol. The van der Waals surface area contributed by atoms with Crippen LogP contribution in [0.15, 0.2) is 33.4 Å². The Hall–Kier alpha value is -1.15. The first-order valence-corrected chi connectivity index (χ1v) is 9.43. The van der Waals surface area contributed by atoms with E-state index in [1.165, 1.54) is 33.4 Å². The van der Waals surface area contributed by atoms with Crippen LogP contribution in [0.2, 0.25) is 0 Å². The van der Waals surface area contributed by atoms with Gasteiger partial charge in [0.05, 0.1) is 0 Å². The van der Waals surface area contributed by atoms with E-state index in [0.717, 1.165) is 0 Å². The molecule has 2 aliphatic rings. The largest absolute Gasteiger partial charge is 5.00 e. The molecule has 0 aromatic heterocycles. The average Bonchev–Trinajstić information content (AvgIpc) is 2.87. The van der Waals surface area contributed by atoms with E-state index in [9.17, 15) is 51.8 Å². The summed E-state index contributed by atoms with van der Waals surface area (Å²) in [6.45, 7) is 17.3. The molecule has 34 heavy (non-hydrogen) atoms. The van der Waals surface area contributed by atoms with Crippen LogP contribution in [0.1, 0.15) is 55.4 Å². The summed E-state index contributed by atoms with van der Waals surface area (Å²) in [6.07, 6.45) is 6.72. The van der Waals surface area contributed by atoms with E-state index in [2.05, 4.69) is 67.5 Å². The standard InChI is InChI=1S/2C9H13.3BF4.Cr/c2*1-6-5-7(2)9(4)8(6)3;3*2-1(3,4)5;/h2*6H,1-4H3;;;;/q5*-1;+5. The van der Waals surface area contributed by atoms with Crippen molar-refractivity contribution in [2.75, 3.05) is 0 Å². The van der Waals surface area contributed by atoms with Crippen LogP contribution in [0.4, 0.5) is 51.8 Å². The normalized spacial score (nSPS) is 19.6. The predicted molar refractivity (Wildman–Crippen MR) is 110 cm³/mol. The SMILES string of the molecule is CC1=[C-]C(C)C(C)=C1C.CC1=[C-]C(C)C(C)=C1C.F[B-](F)(F)F.F[B-](F)(F)F.F[B-](F)(F)F.[Cr+5]. The zero-order valence-electron chi connectivity index (χ0n) is 19.8. The van der Waals surface area contributed by atoms with Gasteiger partial charge in [-0.05, 0) is 0 Å². The molecule has 0 nitrogen and oxygen atoms in total. The summed E-state index contributed by atoms with van der Waals surface area (Å²) in [7, 11) is -18.0. The Morgan fingerprint density at radius 3 is 0.647 bits per heavy atom. The molecule has 1 radical (unpaired) electrons. The van der Waals surface area contributed by atoms with Gasteiger partial charge in [-0.15, -0.1) is 13.8 Å². The van der Waals surface area contributed by atoms with Crippen LogP contribution >= 0.6 is 0 Å². The van der Waals surface area contributed by atoms with Crippen molar-refractivity contribution in [1.82, 2.24) is 0 Å². The quantitative estimate of drug-likeness (QED) is 0.159. The summed E-state index contributed by atoms with van der Waals surface area (Å²) in [5.74, 6) is 1.12. The van der Waals surface area contributed by atoms with Crippen molar-refractivity contribution in [3.8, 4) is 0 Å². The van der Waals surface area contributed by atoms with Gasteiger partial charge in [0.2, 0.25) is 0 Å². The third-order valence-corrected chi connectivity index (χ3v) is 4.47. The molecule has 0 saturated heterocycles. The molecule has 0 amide bonds. The molecular formula is C18H26B3CrF12. The molecule has 0 aromatic rings. The topological polar surface area (TPSA) is 0 Å². The van der Waals surface area contributed by atoms with Crippen molar-refractivity contribution in [3.05, 3.63) is 45.6 Å². The van der Waals surface area contributed by atoms with Gasteiger partial charge in [-0.1, -0.05) is 53.4 Å². The van der Waals surface area contributed by atoms with Crippen molar-refractivity contribution < 1.29 is 69.1 Å². The number of allylic oxidation sites excluding steroid dienone is 8. The smallest absolute Gasteiger partial charge is 0.418 e. The second kappa shape index (κ2) is 16.5. The molecule has 0 spiro atoms. The fourth-order valence-electron chi connectivity index (χ4n) is 2.32. The minimum Gasteiger partial charge on any atom is -0.418 e. The fraction of sp³-hybridized carbons (Fsp3) is 0.556. The summed E-state index contributed by atoms with van der Waals surface area (Å²) in [5.41, 5.74) is 8.49. The maximum Gasteiger partial charge on any atom is 5.00 e. The van der Waals surface area contributed by atoms with Crippen LogP contribution in [0.3, 0.4) is 0 Å². The van der Waals surface area contributed by atoms with Crippen LogP contribution in [0.5, 0.6) is 0 Å². The van der Waals surface area contributed by atoms with Crippen LogP contribution in [-0.2, 0) is 17.4 Å². The second-order valence-electron chi connectivity index (χ2n) is 7.08. The summed E-state index contributed by atoms with van der Waals surface area (Å²) in [6, 6.07) is 0. The van der Waals surface area contributed by atoms with Crippen LogP contribution in [-0.4, -0.2) is 21.8 Å². The van der Waals surface area contributed by atoms with Gasteiger partial charge in [0, 0.05) is 0 Å². The fourth-order valence-corrected chi connectivity index (χ4v) is 2.32. The molecule has 0 aromatic carbocycles. The maximum absolute atomic E-state index is 9.75. The molecule has 0 aliphatic heterocycles. The van der Waals surface area contributed by atoms with Crippen LogP contribution in [0.25, 0.3) is 0 Å². The van der Waals surface area contributed by atoms with E-state index in [-0.39, 0.29) is 17.4 Å². The Balaban J connectivity index is -0.000000170. The number of halogens is 12. The molecule has 16 heteroatoms. The Morgan fingerprint density at radius 2 is 0.618 bits per heavy atom. The molecule has 0 saturated carbocycles. The van der Waals surface area contributed by atoms with Crippen molar-refractivity contribution in [2.24, 2.45) is 11.8 Å². The molecule has 197 valence electrons. The number of hydrogen-bond donors (Lipinski definition) is 0. The summed E-state index contributed by atoms with van der Waals surface area (Å²) >= 11 is 0. The van der Waals surface area contributed by atoms with E-state index in [4.69, 9.17) is 0 Å². The van der Waals surface area contributed by atoms with E-state index in [1.807, 2.05) is 0 Å². The van der Waals surface area contributed by atoms with Gasteiger partial charge in [0.1, 0.15) is 0 Å². The van der Waals surface area contributed by atoms with Gasteiger partial charge >= 0.3 is 39.1 Å². The Morgan fingerprint density at radius 1 is 0.471 bits per heavy atom. The molecule has 2 unspecified atom stereocenters. The maximum atomic E-state index is 9.75. The van der Waals surface area contributed by atoms with E-state index in [0.29, 0.717) is 11.8 Å². The molecule has 0 bridgehead atoms. The molecule has 0 fully saturated rings. The molecule has 2 aliphatic carbocycles. The molecule has 2 rings (SSSR count). The number of hydrogen-bond acceptors (Lipinski definition) is 0. The average molecular weight is 555 g/mol. The Bertz CT molecular complexity index is 641. The van der Waals surface area contributed by atoms with E-state index < -0.39 is 21.8 Å². The first kappa shape index (κ1) is 40.0. The zero-order valence-corrected chi connectivity index (χ0v) is 21.1. The minimum absolute atomic E-state index is 0. The van der Waals surface area contributed by atoms with Crippen LogP contribution in [0, 0.1) is 24.0 Å². The first-order chi connectivity index (χ1) is 14.3. The molecule has 2 atom stereocenters. The van der Waals surface area contributed by atoms with Gasteiger partial charge in [0.25, 0.3) is 0 Å². The van der Waals surface area contributed by atoms with E-state index >= 15 is 0 Å². The van der Waals surface area contributed by atoms with Gasteiger partial charge in [-0.3, -0.25) is 12.2 Å². The second-order valence-corrected chi connectivity index (χ2v) is 7.08. The third-order valence-electron chi connectivity index (χ3n) is 4.47. The number of rotatable bonds is 0. The third kappa shape index (κ3) is 28.9. The van der Waals surface area contributed by atoms with Crippen molar-refractivity contribution in [1.29, 1.82) is 0 Å². The first-order valence-electron chi connectivity index (χ1n) is 9.43. The summed E-state index contributed by atoms with van der Waals surface area (Å²) in [5, 5.41) is 0. The van der Waals surface area contributed by atoms with Gasteiger partial charge in [-0.25, -0.2) is 11.1 Å². The van der Waals surface area contributed by atoms with E-state index in [1.54, 1.807) is 0 Å². The summed E-state index contributed by atoms with van der Waals surface area (Å²) < 4.78 is 117. The van der Waals surface area contributed by atoms with Crippen molar-refractivity contribution in [3.63, 3.8) is 0 Å².